The molecule has 0 bridgehead atoms. The van der Waals surface area contributed by atoms with Gasteiger partial charge in [-0.15, -0.1) is 11.3 Å². The number of carbonyl (C=O) groups excluding carboxylic acids is 1. The topological polar surface area (TPSA) is 89.7 Å². The molecule has 2 N–H and O–H groups in total. The Hall–Kier alpha value is -1.12. The molecule has 0 radical (unpaired) electrons. The Kier molecular flexibility index (Phi) is 4.60. The second-order valence-electron chi connectivity index (χ2n) is 5.37. The van der Waals surface area contributed by atoms with Crippen molar-refractivity contribution in [3.05, 3.63) is 4.88 Å². The number of sulfone groups is 1. The first kappa shape index (κ1) is 16.3. The zero-order chi connectivity index (χ0) is 15.8. The van der Waals surface area contributed by atoms with Crippen molar-refractivity contribution in [1.82, 2.24) is 0 Å². The molecule has 0 aliphatic carbocycles. The highest BCUT2D eigenvalue weighted by Crippen LogP contribution is 2.42. The molecule has 0 unspecified atom stereocenters. The molecule has 8 heteroatoms. The third-order valence-corrected chi connectivity index (χ3v) is 5.86. The fourth-order valence-electron chi connectivity index (χ4n) is 2.19. The molecule has 1 aromatic rings. The molecular weight excluding hydrogens is 312 g/mol. The van der Waals surface area contributed by atoms with Gasteiger partial charge in [-0.25, -0.2) is 8.42 Å². The second-order valence-corrected chi connectivity index (χ2v) is 8.32. The number of nitrogen functional groups attached to an aromatic ring is 1. The number of anilines is 2. The normalized spacial score (nSPS) is 16.5. The summed E-state index contributed by atoms with van der Waals surface area (Å²) in [7, 11) is -3.50. The first-order chi connectivity index (χ1) is 9.73. The van der Waals surface area contributed by atoms with E-state index in [0.717, 1.165) is 6.26 Å². The highest BCUT2D eigenvalue weighted by Gasteiger charge is 2.31. The molecule has 1 fully saturated rings. The number of Topliss-reactive ketones (excluding diaryl/α,β-unsaturated/α-hetero) is 1. The fourth-order valence-corrected chi connectivity index (χ4v) is 5.04. The average molecular weight is 332 g/mol. The summed E-state index contributed by atoms with van der Waals surface area (Å²) in [5.74, 6) is -0.349. The Balaban J connectivity index is 2.57. The van der Waals surface area contributed by atoms with E-state index >= 15 is 0 Å². The minimum Gasteiger partial charge on any atom is -0.396 e. The summed E-state index contributed by atoms with van der Waals surface area (Å²) in [6.45, 7) is 5.81. The highest BCUT2D eigenvalue weighted by atomic mass is 32.2. The van der Waals surface area contributed by atoms with Crippen LogP contribution in [0.15, 0.2) is 4.90 Å². The number of rotatable bonds is 4. The van der Waals surface area contributed by atoms with E-state index in [1.54, 1.807) is 13.8 Å². The number of ketones is 1. The van der Waals surface area contributed by atoms with Crippen molar-refractivity contribution in [2.24, 2.45) is 5.92 Å². The SMILES string of the molecule is CC(C)C(=O)c1sc(N2CCOCC2)c(S(C)(=O)=O)c1N. The van der Waals surface area contributed by atoms with Crippen LogP contribution < -0.4 is 10.6 Å². The van der Waals surface area contributed by atoms with E-state index in [4.69, 9.17) is 10.5 Å². The van der Waals surface area contributed by atoms with E-state index in [9.17, 15) is 13.2 Å². The van der Waals surface area contributed by atoms with Crippen LogP contribution in [-0.4, -0.2) is 46.8 Å². The number of hydrogen-bond donors (Lipinski definition) is 1. The van der Waals surface area contributed by atoms with Crippen molar-refractivity contribution in [3.8, 4) is 0 Å². The molecular formula is C13H20N2O4S2. The fraction of sp³-hybridized carbons (Fsp3) is 0.615. The maximum absolute atomic E-state index is 12.2. The lowest BCUT2D eigenvalue weighted by molar-refractivity contribution is 0.0944. The number of nitrogens with zero attached hydrogens (tertiary/aromatic N) is 1. The standard InChI is InChI=1S/C13H20N2O4S2/c1-8(2)10(16)11-9(14)12(21(3,17)18)13(20-11)15-4-6-19-7-5-15/h8H,4-7,14H2,1-3H3. The lowest BCUT2D eigenvalue weighted by Gasteiger charge is -2.28. The van der Waals surface area contributed by atoms with Crippen LogP contribution in [0.2, 0.25) is 0 Å². The van der Waals surface area contributed by atoms with Crippen LogP contribution in [0.4, 0.5) is 10.7 Å². The number of carbonyl (C=O) groups is 1. The molecule has 0 aromatic carbocycles. The molecule has 21 heavy (non-hydrogen) atoms. The summed E-state index contributed by atoms with van der Waals surface area (Å²) in [6, 6.07) is 0. The van der Waals surface area contributed by atoms with Crippen molar-refractivity contribution < 1.29 is 17.9 Å². The summed E-state index contributed by atoms with van der Waals surface area (Å²) < 4.78 is 29.4. The van der Waals surface area contributed by atoms with E-state index in [2.05, 4.69) is 0 Å². The van der Waals surface area contributed by atoms with Gasteiger partial charge < -0.3 is 15.4 Å². The monoisotopic (exact) mass is 332 g/mol. The second kappa shape index (κ2) is 5.94. The molecule has 0 spiro atoms. The van der Waals surface area contributed by atoms with E-state index in [1.807, 2.05) is 4.90 Å². The predicted octanol–water partition coefficient (Wildman–Crippen LogP) is 1.41. The van der Waals surface area contributed by atoms with E-state index < -0.39 is 9.84 Å². The molecule has 0 atom stereocenters. The number of nitrogens with two attached hydrogens (primary N) is 1. The van der Waals surface area contributed by atoms with Crippen LogP contribution in [0.1, 0.15) is 23.5 Å². The lowest BCUT2D eigenvalue weighted by Crippen LogP contribution is -2.36. The Bertz CT molecular complexity index is 643. The number of thiophene rings is 1. The van der Waals surface area contributed by atoms with Crippen LogP contribution in [0, 0.1) is 5.92 Å². The molecule has 1 aliphatic rings. The third-order valence-electron chi connectivity index (χ3n) is 3.30. The van der Waals surface area contributed by atoms with Gasteiger partial charge in [-0.1, -0.05) is 13.8 Å². The number of hydrogen-bond acceptors (Lipinski definition) is 7. The summed E-state index contributed by atoms with van der Waals surface area (Å²) in [5.41, 5.74) is 6.07. The Morgan fingerprint density at radius 3 is 2.38 bits per heavy atom. The van der Waals surface area contributed by atoms with Gasteiger partial charge in [0.25, 0.3) is 0 Å². The van der Waals surface area contributed by atoms with Crippen molar-refractivity contribution in [2.75, 3.05) is 43.2 Å². The lowest BCUT2D eigenvalue weighted by atomic mass is 10.1. The first-order valence-electron chi connectivity index (χ1n) is 6.72. The average Bonchev–Trinajstić information content (AvgIpc) is 2.76. The minimum atomic E-state index is -3.50. The maximum Gasteiger partial charge on any atom is 0.180 e. The van der Waals surface area contributed by atoms with Gasteiger partial charge in [0, 0.05) is 25.3 Å². The molecule has 2 heterocycles. The zero-order valence-electron chi connectivity index (χ0n) is 12.4. The van der Waals surface area contributed by atoms with Crippen molar-refractivity contribution in [3.63, 3.8) is 0 Å². The first-order valence-corrected chi connectivity index (χ1v) is 9.43. The Labute approximate surface area is 128 Å². The van der Waals surface area contributed by atoms with Gasteiger partial charge in [0.2, 0.25) is 0 Å². The van der Waals surface area contributed by atoms with Crippen molar-refractivity contribution in [2.45, 2.75) is 18.7 Å². The molecule has 1 saturated heterocycles. The van der Waals surface area contributed by atoms with Crippen molar-refractivity contribution in [1.29, 1.82) is 0 Å². The van der Waals surface area contributed by atoms with Crippen LogP contribution in [0.5, 0.6) is 0 Å². The molecule has 0 amide bonds. The molecule has 1 aliphatic heterocycles. The quantitative estimate of drug-likeness (QED) is 0.839. The number of morpholine rings is 1. The smallest absolute Gasteiger partial charge is 0.180 e. The van der Waals surface area contributed by atoms with Gasteiger partial charge in [-0.2, -0.15) is 0 Å². The van der Waals surface area contributed by atoms with Crippen LogP contribution in [0.3, 0.4) is 0 Å². The zero-order valence-corrected chi connectivity index (χ0v) is 14.0. The van der Waals surface area contributed by atoms with Crippen LogP contribution in [0.25, 0.3) is 0 Å². The van der Waals surface area contributed by atoms with Gasteiger partial charge >= 0.3 is 0 Å². The molecule has 0 saturated carbocycles. The van der Waals surface area contributed by atoms with Crippen LogP contribution >= 0.6 is 11.3 Å². The molecule has 118 valence electrons. The summed E-state index contributed by atoms with van der Waals surface area (Å²) in [6.07, 6.45) is 1.12. The van der Waals surface area contributed by atoms with Gasteiger partial charge in [0.05, 0.1) is 23.8 Å². The minimum absolute atomic E-state index is 0.0819. The maximum atomic E-state index is 12.2. The van der Waals surface area contributed by atoms with E-state index in [0.29, 0.717) is 36.2 Å². The van der Waals surface area contributed by atoms with Crippen molar-refractivity contribution >= 4 is 37.6 Å². The predicted molar refractivity (Wildman–Crippen MR) is 84.0 cm³/mol. The number of ether oxygens (including phenoxy) is 1. The Morgan fingerprint density at radius 2 is 1.90 bits per heavy atom. The van der Waals surface area contributed by atoms with Gasteiger partial charge in [-0.05, 0) is 0 Å². The molecule has 6 nitrogen and oxygen atoms in total. The van der Waals surface area contributed by atoms with E-state index in [1.165, 1.54) is 11.3 Å². The molecule has 2 rings (SSSR count). The summed E-state index contributed by atoms with van der Waals surface area (Å²) in [5, 5.41) is 0.558. The highest BCUT2D eigenvalue weighted by molar-refractivity contribution is 7.91. The largest absolute Gasteiger partial charge is 0.396 e. The molecule has 1 aromatic heterocycles. The van der Waals surface area contributed by atoms with E-state index in [-0.39, 0.29) is 22.3 Å². The van der Waals surface area contributed by atoms with Gasteiger partial charge in [0.15, 0.2) is 15.6 Å². The summed E-state index contributed by atoms with van der Waals surface area (Å²) in [4.78, 5) is 14.6. The third kappa shape index (κ3) is 3.22. The van der Waals surface area contributed by atoms with Gasteiger partial charge in [-0.3, -0.25) is 4.79 Å². The van der Waals surface area contributed by atoms with Crippen LogP contribution in [-0.2, 0) is 14.6 Å². The summed E-state index contributed by atoms with van der Waals surface area (Å²) >= 11 is 1.17. The Morgan fingerprint density at radius 1 is 1.33 bits per heavy atom. The van der Waals surface area contributed by atoms with Gasteiger partial charge in [0.1, 0.15) is 9.90 Å².